The summed E-state index contributed by atoms with van der Waals surface area (Å²) in [6, 6.07) is 15.8. The third-order valence-corrected chi connectivity index (χ3v) is 7.58. The molecule has 0 aromatic heterocycles. The molecular formula is C30H27F2NO8. The summed E-state index contributed by atoms with van der Waals surface area (Å²) in [6.07, 6.45) is -2.87. The molecule has 214 valence electrons. The number of hydrogen-bond acceptors (Lipinski definition) is 7. The molecule has 0 radical (unpaired) electrons. The first-order chi connectivity index (χ1) is 19.7. The third-order valence-electron chi connectivity index (χ3n) is 7.58. The Bertz CT molecular complexity index is 1510. The molecule has 41 heavy (non-hydrogen) atoms. The molecule has 0 unspecified atom stereocenters. The third kappa shape index (κ3) is 5.24. The highest BCUT2D eigenvalue weighted by Crippen LogP contribution is 2.53. The van der Waals surface area contributed by atoms with Crippen LogP contribution in [-0.4, -0.2) is 43.6 Å². The van der Waals surface area contributed by atoms with Gasteiger partial charge in [0.1, 0.15) is 24.2 Å². The van der Waals surface area contributed by atoms with Gasteiger partial charge in [-0.25, -0.2) is 4.79 Å². The average molecular weight is 568 g/mol. The standard InChI is InChI=1S/C30H27F2NO8/c1-37-11-12-38-20-6-7-21-22(16-24(39-25(21)15-20)17-3-2-4-18(13-17)27(34)35)33-28(36)29(9-10-29)19-5-8-23-26(14-19)41-30(31,32)40-23/h2-8,13-15,22,24H,9-12,16H2,1H3,(H,33,36)(H,34,35)/t22-,24-/m1/s1. The summed E-state index contributed by atoms with van der Waals surface area (Å²) >= 11 is 0. The maximum absolute atomic E-state index is 13.8. The number of rotatable bonds is 9. The van der Waals surface area contributed by atoms with E-state index in [1.165, 1.54) is 18.2 Å². The molecule has 3 aromatic carbocycles. The summed E-state index contributed by atoms with van der Waals surface area (Å²) in [6.45, 7) is 0.740. The van der Waals surface area contributed by atoms with Gasteiger partial charge in [-0.3, -0.25) is 4.79 Å². The highest BCUT2D eigenvalue weighted by atomic mass is 19.3. The number of amides is 1. The molecular weight excluding hydrogens is 540 g/mol. The van der Waals surface area contributed by atoms with Crippen LogP contribution in [0.1, 0.15) is 58.5 Å². The lowest BCUT2D eigenvalue weighted by atomic mass is 9.90. The fourth-order valence-electron chi connectivity index (χ4n) is 5.31. The maximum atomic E-state index is 13.8. The minimum atomic E-state index is -3.75. The van der Waals surface area contributed by atoms with E-state index in [-0.39, 0.29) is 23.0 Å². The molecule has 2 atom stereocenters. The van der Waals surface area contributed by atoms with E-state index < -0.39 is 29.8 Å². The van der Waals surface area contributed by atoms with E-state index in [0.717, 1.165) is 5.56 Å². The number of halogens is 2. The summed E-state index contributed by atoms with van der Waals surface area (Å²) in [7, 11) is 1.58. The molecule has 0 saturated heterocycles. The Morgan fingerprint density at radius 2 is 1.80 bits per heavy atom. The van der Waals surface area contributed by atoms with Crippen LogP contribution in [0.3, 0.4) is 0 Å². The normalized spacial score (nSPS) is 20.9. The Kier molecular flexibility index (Phi) is 6.69. The number of aromatic carboxylic acids is 1. The number of carbonyl (C=O) groups excluding carboxylic acids is 1. The molecule has 1 aliphatic carbocycles. The number of benzene rings is 3. The van der Waals surface area contributed by atoms with Crippen molar-refractivity contribution in [1.82, 2.24) is 5.32 Å². The molecule has 11 heteroatoms. The van der Waals surface area contributed by atoms with E-state index >= 15 is 0 Å². The van der Waals surface area contributed by atoms with Crippen LogP contribution < -0.4 is 24.3 Å². The van der Waals surface area contributed by atoms with Crippen LogP contribution in [-0.2, 0) is 14.9 Å². The van der Waals surface area contributed by atoms with Crippen molar-refractivity contribution in [3.63, 3.8) is 0 Å². The van der Waals surface area contributed by atoms with Crippen molar-refractivity contribution in [2.75, 3.05) is 20.3 Å². The zero-order valence-corrected chi connectivity index (χ0v) is 22.0. The average Bonchev–Trinajstić information content (AvgIpc) is 3.70. The van der Waals surface area contributed by atoms with Crippen LogP contribution in [0.2, 0.25) is 0 Å². The van der Waals surface area contributed by atoms with E-state index in [4.69, 9.17) is 14.2 Å². The lowest BCUT2D eigenvalue weighted by Crippen LogP contribution is -2.39. The number of carboxylic acids is 1. The fourth-order valence-corrected chi connectivity index (χ4v) is 5.31. The second-order valence-corrected chi connectivity index (χ2v) is 10.3. The van der Waals surface area contributed by atoms with E-state index in [1.807, 2.05) is 6.07 Å². The van der Waals surface area contributed by atoms with Gasteiger partial charge in [-0.15, -0.1) is 8.78 Å². The molecule has 6 rings (SSSR count). The van der Waals surface area contributed by atoms with Crippen LogP contribution in [0.25, 0.3) is 0 Å². The number of carbonyl (C=O) groups is 2. The largest absolute Gasteiger partial charge is 0.586 e. The van der Waals surface area contributed by atoms with E-state index in [2.05, 4.69) is 14.8 Å². The van der Waals surface area contributed by atoms with Crippen molar-refractivity contribution in [1.29, 1.82) is 0 Å². The first kappa shape index (κ1) is 26.8. The van der Waals surface area contributed by atoms with Gasteiger partial charge in [0, 0.05) is 25.2 Å². The van der Waals surface area contributed by atoms with Gasteiger partial charge < -0.3 is 34.1 Å². The van der Waals surface area contributed by atoms with Crippen LogP contribution in [0.4, 0.5) is 8.78 Å². The van der Waals surface area contributed by atoms with Gasteiger partial charge in [-0.2, -0.15) is 0 Å². The zero-order valence-electron chi connectivity index (χ0n) is 22.0. The van der Waals surface area contributed by atoms with E-state index in [0.29, 0.717) is 55.1 Å². The van der Waals surface area contributed by atoms with Gasteiger partial charge in [-0.05, 0) is 60.4 Å². The Labute approximate surface area is 233 Å². The second-order valence-electron chi connectivity index (χ2n) is 10.3. The summed E-state index contributed by atoms with van der Waals surface area (Å²) in [5, 5.41) is 12.6. The zero-order chi connectivity index (χ0) is 28.8. The summed E-state index contributed by atoms with van der Waals surface area (Å²) in [4.78, 5) is 25.4. The Morgan fingerprint density at radius 1 is 1.00 bits per heavy atom. The summed E-state index contributed by atoms with van der Waals surface area (Å²) < 4.78 is 53.3. The highest BCUT2D eigenvalue weighted by Gasteiger charge is 2.53. The number of hydrogen-bond donors (Lipinski definition) is 2. The predicted molar refractivity (Wildman–Crippen MR) is 140 cm³/mol. The fraction of sp³-hybridized carbons (Fsp3) is 0.333. The molecule has 2 heterocycles. The number of fused-ring (bicyclic) bond motifs is 2. The van der Waals surface area contributed by atoms with Gasteiger partial charge in [0.25, 0.3) is 0 Å². The molecule has 2 aliphatic heterocycles. The van der Waals surface area contributed by atoms with Gasteiger partial charge in [0.2, 0.25) is 5.91 Å². The molecule has 3 aliphatic rings. The Hall–Kier alpha value is -4.38. The van der Waals surface area contributed by atoms with Gasteiger partial charge in [-0.1, -0.05) is 18.2 Å². The molecule has 0 bridgehead atoms. The van der Waals surface area contributed by atoms with Crippen molar-refractivity contribution < 1.29 is 47.2 Å². The molecule has 0 spiro atoms. The number of nitrogens with one attached hydrogen (secondary N) is 1. The lowest BCUT2D eigenvalue weighted by molar-refractivity contribution is -0.286. The summed E-state index contributed by atoms with van der Waals surface area (Å²) in [5.41, 5.74) is 1.19. The first-order valence-corrected chi connectivity index (χ1v) is 13.1. The van der Waals surface area contributed by atoms with Crippen LogP contribution >= 0.6 is 0 Å². The van der Waals surface area contributed by atoms with Gasteiger partial charge in [0.05, 0.1) is 23.6 Å². The highest BCUT2D eigenvalue weighted by molar-refractivity contribution is 5.92. The van der Waals surface area contributed by atoms with Crippen molar-refractivity contribution in [3.8, 4) is 23.0 Å². The van der Waals surface area contributed by atoms with Crippen molar-refractivity contribution in [2.45, 2.75) is 43.1 Å². The van der Waals surface area contributed by atoms with Crippen LogP contribution in [0.15, 0.2) is 60.7 Å². The smallest absolute Gasteiger partial charge is 0.491 e. The predicted octanol–water partition coefficient (Wildman–Crippen LogP) is 5.14. The Balaban J connectivity index is 1.28. The van der Waals surface area contributed by atoms with Gasteiger partial charge >= 0.3 is 12.3 Å². The minimum absolute atomic E-state index is 0.0803. The minimum Gasteiger partial charge on any atom is -0.491 e. The number of alkyl halides is 2. The quantitative estimate of drug-likeness (QED) is 0.342. The lowest BCUT2D eigenvalue weighted by Gasteiger charge is -2.34. The molecule has 3 aromatic rings. The van der Waals surface area contributed by atoms with Crippen molar-refractivity contribution in [3.05, 3.63) is 82.9 Å². The molecule has 2 N–H and O–H groups in total. The maximum Gasteiger partial charge on any atom is 0.586 e. The van der Waals surface area contributed by atoms with Crippen LogP contribution in [0.5, 0.6) is 23.0 Å². The molecule has 9 nitrogen and oxygen atoms in total. The monoisotopic (exact) mass is 567 g/mol. The molecule has 1 fully saturated rings. The second kappa shape index (κ2) is 10.2. The topological polar surface area (TPSA) is 113 Å². The van der Waals surface area contributed by atoms with Crippen molar-refractivity contribution in [2.24, 2.45) is 0 Å². The van der Waals surface area contributed by atoms with Crippen LogP contribution in [0, 0.1) is 0 Å². The number of methoxy groups -OCH3 is 1. The summed E-state index contributed by atoms with van der Waals surface area (Å²) in [5.74, 6) is -0.442. The van der Waals surface area contributed by atoms with E-state index in [9.17, 15) is 23.5 Å². The molecule has 1 amide bonds. The van der Waals surface area contributed by atoms with Gasteiger partial charge in [0.15, 0.2) is 11.5 Å². The SMILES string of the molecule is COCCOc1ccc2c(c1)O[C@@H](c1cccc(C(=O)O)c1)C[C@H]2NC(=O)C1(c2ccc3c(c2)OC(F)(F)O3)CC1. The molecule has 1 saturated carbocycles. The number of ether oxygens (including phenoxy) is 5. The van der Waals surface area contributed by atoms with E-state index in [1.54, 1.807) is 43.5 Å². The Morgan fingerprint density at radius 3 is 2.56 bits per heavy atom. The number of carboxylic acid groups (broad SMARTS) is 1. The van der Waals surface area contributed by atoms with Crippen molar-refractivity contribution >= 4 is 11.9 Å². The first-order valence-electron chi connectivity index (χ1n) is 13.1.